The molecular weight excluding hydrogens is 827 g/mol. The standard InChI is InChI=1S/C58H38F2N2S2/c1-3-37-51(33-15-13-17-35(59)31-33)56(62-48-24-10-6-20-40(48)44-28-30-46-42-22-8-12-26-50(42)64-58(46)55(44)62)52(34-16-14-18-36(60)32-34)38(4-2)53(37)61-47-23-9-5-19-39(47)43-27-29-45-41-21-7-11-25-49(41)63-57(45)54(43)61/h5-32H,3-4H2,1-2H3. The molecule has 0 radical (unpaired) electrons. The molecule has 0 saturated heterocycles. The molecule has 4 aromatic heterocycles. The van der Waals surface area contributed by atoms with Gasteiger partial charge in [-0.05, 0) is 83.6 Å². The summed E-state index contributed by atoms with van der Waals surface area (Å²) in [4.78, 5) is 0. The van der Waals surface area contributed by atoms with Crippen LogP contribution in [0.15, 0.2) is 170 Å². The number of hydrogen-bond donors (Lipinski definition) is 0. The molecule has 0 bridgehead atoms. The SMILES string of the molecule is CCc1c(-c2cccc(F)c2)c(-n2c3ccccc3c3ccc4c5ccccc5sc4c32)c(-c2cccc(F)c2)c(CC)c1-n1c2ccccc2c2ccc3c4ccccc4sc3c21. The molecular formula is C58H38F2N2S2. The van der Waals surface area contributed by atoms with Gasteiger partial charge in [0.25, 0.3) is 0 Å². The minimum absolute atomic E-state index is 0.308. The molecule has 0 N–H and O–H groups in total. The van der Waals surface area contributed by atoms with Crippen molar-refractivity contribution in [3.8, 4) is 33.6 Å². The van der Waals surface area contributed by atoms with Gasteiger partial charge in [0.1, 0.15) is 11.6 Å². The van der Waals surface area contributed by atoms with Crippen molar-refractivity contribution in [1.29, 1.82) is 0 Å². The van der Waals surface area contributed by atoms with Crippen LogP contribution in [0.5, 0.6) is 0 Å². The van der Waals surface area contributed by atoms with Crippen molar-refractivity contribution in [1.82, 2.24) is 9.13 Å². The number of rotatable bonds is 6. The van der Waals surface area contributed by atoms with Crippen LogP contribution in [0.4, 0.5) is 8.78 Å². The molecule has 64 heavy (non-hydrogen) atoms. The van der Waals surface area contributed by atoms with Crippen LogP contribution < -0.4 is 0 Å². The largest absolute Gasteiger partial charge is 0.307 e. The van der Waals surface area contributed by atoms with Crippen LogP contribution in [-0.4, -0.2) is 9.13 Å². The second kappa shape index (κ2) is 14.2. The Hall–Kier alpha value is -7.12. The summed E-state index contributed by atoms with van der Waals surface area (Å²) < 4.78 is 41.9. The molecule has 0 unspecified atom stereocenters. The fourth-order valence-corrected chi connectivity index (χ4v) is 13.3. The Morgan fingerprint density at radius 3 is 1.25 bits per heavy atom. The quantitative estimate of drug-likeness (QED) is 0.158. The lowest BCUT2D eigenvalue weighted by molar-refractivity contribution is 0.628. The van der Waals surface area contributed by atoms with E-state index in [1.807, 2.05) is 35.6 Å². The van der Waals surface area contributed by atoms with Gasteiger partial charge in [-0.15, -0.1) is 22.7 Å². The van der Waals surface area contributed by atoms with Gasteiger partial charge in [-0.2, -0.15) is 0 Å². The number of halogens is 2. The van der Waals surface area contributed by atoms with E-state index in [0.29, 0.717) is 12.8 Å². The van der Waals surface area contributed by atoms with Gasteiger partial charge in [0.15, 0.2) is 0 Å². The molecule has 0 spiro atoms. The first-order valence-electron chi connectivity index (χ1n) is 21.9. The molecule has 9 aromatic carbocycles. The molecule has 306 valence electrons. The normalized spacial score (nSPS) is 12.2. The molecule has 0 aliphatic heterocycles. The van der Waals surface area contributed by atoms with E-state index < -0.39 is 0 Å². The molecule has 6 heteroatoms. The Balaban J connectivity index is 1.32. The van der Waals surface area contributed by atoms with E-state index in [4.69, 9.17) is 0 Å². The van der Waals surface area contributed by atoms with Crippen molar-refractivity contribution in [2.45, 2.75) is 26.7 Å². The topological polar surface area (TPSA) is 9.86 Å². The van der Waals surface area contributed by atoms with Gasteiger partial charge in [-0.25, -0.2) is 8.78 Å². The van der Waals surface area contributed by atoms with E-state index in [0.717, 1.165) is 77.6 Å². The molecule has 2 nitrogen and oxygen atoms in total. The summed E-state index contributed by atoms with van der Waals surface area (Å²) in [6.07, 6.45) is 1.30. The predicted molar refractivity (Wildman–Crippen MR) is 270 cm³/mol. The molecule has 13 rings (SSSR count). The lowest BCUT2D eigenvalue weighted by Gasteiger charge is -2.29. The zero-order valence-electron chi connectivity index (χ0n) is 35.0. The van der Waals surface area contributed by atoms with Crippen LogP contribution in [0, 0.1) is 11.6 Å². The third-order valence-electron chi connectivity index (χ3n) is 13.4. The van der Waals surface area contributed by atoms with E-state index in [9.17, 15) is 0 Å². The Kier molecular flexibility index (Phi) is 8.30. The lowest BCUT2D eigenvalue weighted by Crippen LogP contribution is -2.13. The van der Waals surface area contributed by atoms with E-state index in [1.165, 1.54) is 63.2 Å². The number of nitrogens with zero attached hydrogens (tertiary/aromatic N) is 2. The minimum atomic E-state index is -0.308. The van der Waals surface area contributed by atoms with E-state index in [-0.39, 0.29) is 11.6 Å². The summed E-state index contributed by atoms with van der Waals surface area (Å²) in [7, 11) is 0. The van der Waals surface area contributed by atoms with Gasteiger partial charge in [0.05, 0.1) is 42.8 Å². The van der Waals surface area contributed by atoms with E-state index >= 15 is 8.78 Å². The summed E-state index contributed by atoms with van der Waals surface area (Å²) in [6, 6.07) is 57.9. The van der Waals surface area contributed by atoms with Crippen LogP contribution in [0.1, 0.15) is 25.0 Å². The summed E-state index contributed by atoms with van der Waals surface area (Å²) >= 11 is 3.64. The second-order valence-corrected chi connectivity index (χ2v) is 18.8. The van der Waals surface area contributed by atoms with Gasteiger partial charge >= 0.3 is 0 Å². The molecule has 0 amide bonds. The van der Waals surface area contributed by atoms with Gasteiger partial charge in [-0.1, -0.05) is 135 Å². The minimum Gasteiger partial charge on any atom is -0.307 e. The molecule has 0 aliphatic carbocycles. The highest BCUT2D eigenvalue weighted by atomic mass is 32.1. The third-order valence-corrected chi connectivity index (χ3v) is 15.8. The van der Waals surface area contributed by atoms with Crippen molar-refractivity contribution >= 4 is 107 Å². The number of para-hydroxylation sites is 2. The van der Waals surface area contributed by atoms with Crippen molar-refractivity contribution < 1.29 is 8.78 Å². The van der Waals surface area contributed by atoms with Crippen LogP contribution in [0.3, 0.4) is 0 Å². The van der Waals surface area contributed by atoms with Gasteiger partial charge in [0.2, 0.25) is 0 Å². The number of benzene rings is 9. The highest BCUT2D eigenvalue weighted by Crippen LogP contribution is 2.52. The zero-order chi connectivity index (χ0) is 42.8. The van der Waals surface area contributed by atoms with E-state index in [1.54, 1.807) is 23.5 Å². The highest BCUT2D eigenvalue weighted by molar-refractivity contribution is 7.27. The third kappa shape index (κ3) is 5.21. The average molecular weight is 865 g/mol. The maximum absolute atomic E-state index is 16.0. The number of fused-ring (bicyclic) bond motifs is 14. The summed E-state index contributed by atoms with van der Waals surface area (Å²) in [5, 5.41) is 9.48. The van der Waals surface area contributed by atoms with Crippen LogP contribution in [0.25, 0.3) is 118 Å². The predicted octanol–water partition coefficient (Wildman–Crippen LogP) is 17.4. The maximum atomic E-state index is 16.0. The van der Waals surface area contributed by atoms with Gasteiger partial charge in [0, 0.05) is 63.6 Å². The second-order valence-electron chi connectivity index (χ2n) is 16.7. The zero-order valence-corrected chi connectivity index (χ0v) is 36.7. The number of hydrogen-bond acceptors (Lipinski definition) is 2. The van der Waals surface area contributed by atoms with Crippen LogP contribution in [0.2, 0.25) is 0 Å². The Labute approximate surface area is 375 Å². The summed E-state index contributed by atoms with van der Waals surface area (Å²) in [6.45, 7) is 4.46. The Morgan fingerprint density at radius 1 is 0.391 bits per heavy atom. The number of aromatic nitrogens is 2. The fourth-order valence-electron chi connectivity index (χ4n) is 10.8. The van der Waals surface area contributed by atoms with Gasteiger partial charge in [-0.3, -0.25) is 0 Å². The monoisotopic (exact) mass is 864 g/mol. The molecule has 0 fully saturated rings. The summed E-state index contributed by atoms with van der Waals surface area (Å²) in [5.74, 6) is -0.617. The van der Waals surface area contributed by atoms with Crippen LogP contribution >= 0.6 is 22.7 Å². The molecule has 0 saturated carbocycles. The van der Waals surface area contributed by atoms with Crippen molar-refractivity contribution in [2.24, 2.45) is 0 Å². The highest BCUT2D eigenvalue weighted by Gasteiger charge is 2.31. The molecule has 13 aromatic rings. The molecule has 0 atom stereocenters. The Bertz CT molecular complexity index is 4010. The molecule has 0 aliphatic rings. The summed E-state index contributed by atoms with van der Waals surface area (Å²) in [5.41, 5.74) is 12.0. The van der Waals surface area contributed by atoms with Crippen LogP contribution in [-0.2, 0) is 12.8 Å². The van der Waals surface area contributed by atoms with Gasteiger partial charge < -0.3 is 9.13 Å². The average Bonchev–Trinajstić information content (AvgIpc) is 4.08. The lowest BCUT2D eigenvalue weighted by atomic mass is 9.84. The van der Waals surface area contributed by atoms with Crippen molar-refractivity contribution in [2.75, 3.05) is 0 Å². The first-order chi connectivity index (χ1) is 31.5. The maximum Gasteiger partial charge on any atom is 0.123 e. The first-order valence-corrected chi connectivity index (χ1v) is 23.6. The van der Waals surface area contributed by atoms with Crippen molar-refractivity contribution in [3.63, 3.8) is 0 Å². The smallest absolute Gasteiger partial charge is 0.123 e. The molecule has 4 heterocycles. The van der Waals surface area contributed by atoms with Crippen molar-refractivity contribution in [3.05, 3.63) is 193 Å². The fraction of sp³-hybridized carbons (Fsp3) is 0.0690. The number of thiophene rings is 2. The first kappa shape index (κ1) is 37.4. The van der Waals surface area contributed by atoms with E-state index in [2.05, 4.69) is 144 Å². The Morgan fingerprint density at radius 2 is 0.797 bits per heavy atom.